The average molecular weight is 396 g/mol. The van der Waals surface area contributed by atoms with E-state index in [4.69, 9.17) is 14.2 Å². The number of carbonyl (C=O) groups is 1. The molecule has 0 bridgehead atoms. The van der Waals surface area contributed by atoms with Gasteiger partial charge in [-0.2, -0.15) is 5.10 Å². The van der Waals surface area contributed by atoms with Crippen LogP contribution in [-0.4, -0.2) is 35.6 Å². The molecule has 2 aromatic carbocycles. The van der Waals surface area contributed by atoms with Crippen LogP contribution in [0.2, 0.25) is 0 Å². The summed E-state index contributed by atoms with van der Waals surface area (Å²) in [6, 6.07) is 13.9. The van der Waals surface area contributed by atoms with Gasteiger partial charge in [-0.1, -0.05) is 18.2 Å². The zero-order valence-corrected chi connectivity index (χ0v) is 16.8. The van der Waals surface area contributed by atoms with Crippen LogP contribution in [0.4, 0.5) is 0 Å². The summed E-state index contributed by atoms with van der Waals surface area (Å²) in [6.45, 7) is 6.45. The number of ether oxygens (including phenoxy) is 3. The van der Waals surface area contributed by atoms with E-state index in [9.17, 15) is 9.59 Å². The summed E-state index contributed by atoms with van der Waals surface area (Å²) in [5.41, 5.74) is -0.110. The fourth-order valence-electron chi connectivity index (χ4n) is 2.87. The second kappa shape index (κ2) is 9.23. The van der Waals surface area contributed by atoms with Crippen LogP contribution in [-0.2, 0) is 4.74 Å². The maximum absolute atomic E-state index is 12.6. The van der Waals surface area contributed by atoms with Crippen molar-refractivity contribution in [1.29, 1.82) is 0 Å². The number of carbonyl (C=O) groups excluding carboxylic acids is 1. The van der Waals surface area contributed by atoms with Gasteiger partial charge in [-0.25, -0.2) is 9.48 Å². The van der Waals surface area contributed by atoms with Crippen molar-refractivity contribution in [1.82, 2.24) is 9.78 Å². The van der Waals surface area contributed by atoms with Gasteiger partial charge in [0.15, 0.2) is 5.69 Å². The zero-order chi connectivity index (χ0) is 20.8. The fourth-order valence-corrected chi connectivity index (χ4v) is 2.87. The largest absolute Gasteiger partial charge is 0.494 e. The Labute approximate surface area is 168 Å². The van der Waals surface area contributed by atoms with Gasteiger partial charge in [0.05, 0.1) is 18.0 Å². The summed E-state index contributed by atoms with van der Waals surface area (Å²) in [4.78, 5) is 25.1. The Kier molecular flexibility index (Phi) is 6.49. The highest BCUT2D eigenvalue weighted by Gasteiger charge is 2.18. The molecule has 0 saturated carbocycles. The summed E-state index contributed by atoms with van der Waals surface area (Å²) in [7, 11) is 0. The third-order valence-corrected chi connectivity index (χ3v) is 4.23. The molecular formula is C22H24N2O5. The van der Waals surface area contributed by atoms with E-state index in [0.717, 1.165) is 5.75 Å². The van der Waals surface area contributed by atoms with E-state index in [1.165, 1.54) is 4.68 Å². The van der Waals surface area contributed by atoms with Crippen LogP contribution < -0.4 is 15.0 Å². The van der Waals surface area contributed by atoms with E-state index in [2.05, 4.69) is 5.10 Å². The number of rotatable bonds is 8. The Hall–Kier alpha value is -3.35. The lowest BCUT2D eigenvalue weighted by Gasteiger charge is -2.13. The van der Waals surface area contributed by atoms with E-state index >= 15 is 0 Å². The Balaban J connectivity index is 1.67. The lowest BCUT2D eigenvalue weighted by atomic mass is 10.1. The monoisotopic (exact) mass is 396 g/mol. The molecule has 0 amide bonds. The minimum Gasteiger partial charge on any atom is -0.494 e. The van der Waals surface area contributed by atoms with Crippen molar-refractivity contribution in [3.8, 4) is 11.5 Å². The highest BCUT2D eigenvalue weighted by Crippen LogP contribution is 2.18. The quantitative estimate of drug-likeness (QED) is 0.427. The molecule has 0 radical (unpaired) electrons. The highest BCUT2D eigenvalue weighted by molar-refractivity contribution is 6.02. The van der Waals surface area contributed by atoms with Gasteiger partial charge < -0.3 is 14.2 Å². The fraction of sp³-hybridized carbons (Fsp3) is 0.318. The Morgan fingerprint density at radius 2 is 1.59 bits per heavy atom. The molecule has 0 fully saturated rings. The topological polar surface area (TPSA) is 79.7 Å². The third-order valence-electron chi connectivity index (χ3n) is 4.23. The highest BCUT2D eigenvalue weighted by atomic mass is 16.6. The molecule has 29 heavy (non-hydrogen) atoms. The number of nitrogens with zero attached hydrogens (tertiary/aromatic N) is 2. The molecule has 1 heterocycles. The summed E-state index contributed by atoms with van der Waals surface area (Å²) >= 11 is 0. The molecule has 3 aromatic rings. The van der Waals surface area contributed by atoms with Crippen LogP contribution in [0.3, 0.4) is 0 Å². The Morgan fingerprint density at radius 1 is 0.966 bits per heavy atom. The summed E-state index contributed by atoms with van der Waals surface area (Å²) in [5.74, 6) is 0.830. The lowest BCUT2D eigenvalue weighted by molar-refractivity contribution is 0.0443. The van der Waals surface area contributed by atoms with Crippen molar-refractivity contribution < 1.29 is 19.0 Å². The normalized spacial score (nSPS) is 10.9. The van der Waals surface area contributed by atoms with Crippen LogP contribution in [0.15, 0.2) is 53.3 Å². The first-order chi connectivity index (χ1) is 14.0. The van der Waals surface area contributed by atoms with Crippen molar-refractivity contribution in [3.63, 3.8) is 0 Å². The predicted octanol–water partition coefficient (Wildman–Crippen LogP) is 3.61. The number of aromatic nitrogens is 2. The molecular weight excluding hydrogens is 372 g/mol. The second-order valence-corrected chi connectivity index (χ2v) is 6.63. The Bertz CT molecular complexity index is 1040. The van der Waals surface area contributed by atoms with Gasteiger partial charge in [0.25, 0.3) is 5.56 Å². The summed E-state index contributed by atoms with van der Waals surface area (Å²) < 4.78 is 17.6. The van der Waals surface area contributed by atoms with Gasteiger partial charge in [-0.15, -0.1) is 0 Å². The molecule has 3 rings (SSSR count). The molecule has 7 heteroatoms. The predicted molar refractivity (Wildman–Crippen MR) is 110 cm³/mol. The lowest BCUT2D eigenvalue weighted by Crippen LogP contribution is -2.28. The number of hydrogen-bond acceptors (Lipinski definition) is 6. The first-order valence-corrected chi connectivity index (χ1v) is 9.55. The molecule has 7 nitrogen and oxygen atoms in total. The maximum Gasteiger partial charge on any atom is 0.359 e. The standard InChI is InChI=1S/C22H24N2O5/c1-4-27-16-9-11-17(12-10-16)28-13-14-29-22(26)20-18-7-5-6-8-19(18)21(25)24(23-20)15(2)3/h5-12,15H,4,13-14H2,1-3H3. The maximum atomic E-state index is 12.6. The van der Waals surface area contributed by atoms with Crippen LogP contribution >= 0.6 is 0 Å². The van der Waals surface area contributed by atoms with E-state index in [1.54, 1.807) is 36.4 Å². The van der Waals surface area contributed by atoms with Crippen LogP contribution in [0.25, 0.3) is 10.8 Å². The van der Waals surface area contributed by atoms with Crippen molar-refractivity contribution in [2.45, 2.75) is 26.8 Å². The molecule has 0 unspecified atom stereocenters. The van der Waals surface area contributed by atoms with Crippen LogP contribution in [0.5, 0.6) is 11.5 Å². The van der Waals surface area contributed by atoms with E-state index in [1.807, 2.05) is 32.9 Å². The van der Waals surface area contributed by atoms with Crippen molar-refractivity contribution in [3.05, 3.63) is 64.6 Å². The smallest absolute Gasteiger partial charge is 0.359 e. The SMILES string of the molecule is CCOc1ccc(OCCOC(=O)c2nn(C(C)C)c(=O)c3ccccc23)cc1. The Morgan fingerprint density at radius 3 is 2.21 bits per heavy atom. The summed E-state index contributed by atoms with van der Waals surface area (Å²) in [6.07, 6.45) is 0. The molecule has 0 N–H and O–H groups in total. The number of esters is 1. The van der Waals surface area contributed by atoms with Gasteiger partial charge in [0, 0.05) is 5.39 Å². The third kappa shape index (κ3) is 4.74. The minimum atomic E-state index is -0.592. The van der Waals surface area contributed by atoms with Gasteiger partial charge in [0.2, 0.25) is 0 Å². The van der Waals surface area contributed by atoms with E-state index in [0.29, 0.717) is 23.1 Å². The van der Waals surface area contributed by atoms with Crippen LogP contribution in [0.1, 0.15) is 37.3 Å². The molecule has 0 aliphatic rings. The number of hydrogen-bond donors (Lipinski definition) is 0. The minimum absolute atomic E-state index is 0.0584. The molecule has 0 spiro atoms. The molecule has 0 saturated heterocycles. The van der Waals surface area contributed by atoms with Gasteiger partial charge in [-0.05, 0) is 51.1 Å². The van der Waals surface area contributed by atoms with Crippen molar-refractivity contribution >= 4 is 16.7 Å². The summed E-state index contributed by atoms with van der Waals surface area (Å²) in [5, 5.41) is 5.16. The van der Waals surface area contributed by atoms with Gasteiger partial charge >= 0.3 is 5.97 Å². The first-order valence-electron chi connectivity index (χ1n) is 9.55. The second-order valence-electron chi connectivity index (χ2n) is 6.63. The molecule has 152 valence electrons. The molecule has 0 aliphatic heterocycles. The van der Waals surface area contributed by atoms with Crippen LogP contribution in [0, 0.1) is 0 Å². The number of benzene rings is 2. The molecule has 0 atom stereocenters. The van der Waals surface area contributed by atoms with Crippen molar-refractivity contribution in [2.75, 3.05) is 19.8 Å². The van der Waals surface area contributed by atoms with Crippen molar-refractivity contribution in [2.24, 2.45) is 0 Å². The first kappa shape index (κ1) is 20.4. The van der Waals surface area contributed by atoms with Gasteiger partial charge in [0.1, 0.15) is 24.7 Å². The molecule has 0 aliphatic carbocycles. The average Bonchev–Trinajstić information content (AvgIpc) is 2.72. The van der Waals surface area contributed by atoms with Gasteiger partial charge in [-0.3, -0.25) is 4.79 Å². The van der Waals surface area contributed by atoms with E-state index < -0.39 is 5.97 Å². The molecule has 1 aromatic heterocycles. The zero-order valence-electron chi connectivity index (χ0n) is 16.8. The van der Waals surface area contributed by atoms with E-state index in [-0.39, 0.29) is 30.5 Å². The number of fused-ring (bicyclic) bond motifs is 1.